The molecule has 0 saturated carbocycles. The summed E-state index contributed by atoms with van der Waals surface area (Å²) in [5.74, 6) is -0.186. The van der Waals surface area contributed by atoms with Crippen molar-refractivity contribution in [3.63, 3.8) is 0 Å². The van der Waals surface area contributed by atoms with Crippen molar-refractivity contribution in [2.75, 3.05) is 12.8 Å². The normalized spacial score (nSPS) is 13.4. The lowest BCUT2D eigenvalue weighted by Gasteiger charge is -2.13. The molecular weight excluding hydrogens is 324 g/mol. The second kappa shape index (κ2) is 9.66. The van der Waals surface area contributed by atoms with E-state index < -0.39 is 11.7 Å². The molecule has 1 rings (SSSR count). The van der Waals surface area contributed by atoms with Gasteiger partial charge in [0.05, 0.1) is 12.8 Å². The van der Waals surface area contributed by atoms with Crippen molar-refractivity contribution >= 4 is 17.6 Å². The van der Waals surface area contributed by atoms with Gasteiger partial charge in [-0.15, -0.1) is 0 Å². The fourth-order valence-electron chi connectivity index (χ4n) is 2.21. The van der Waals surface area contributed by atoms with Gasteiger partial charge < -0.3 is 14.9 Å². The van der Waals surface area contributed by atoms with Crippen LogP contribution in [0, 0.1) is 5.92 Å². The van der Waals surface area contributed by atoms with Crippen LogP contribution in [0.4, 0.5) is 10.5 Å². The lowest BCUT2D eigenvalue weighted by Crippen LogP contribution is -2.22. The lowest BCUT2D eigenvalue weighted by molar-refractivity contribution is 0.0923. The number of rotatable bonds is 8. The minimum absolute atomic E-state index is 0.0625. The van der Waals surface area contributed by atoms with Crippen molar-refractivity contribution in [3.05, 3.63) is 40.1 Å². The number of anilines is 1. The molecule has 0 spiro atoms. The lowest BCUT2D eigenvalue weighted by atomic mass is 9.96. The molecule has 3 N–H and O–H groups in total. The molecule has 1 amide bonds. The standard InChI is InChI=1S/C18H26N2O5/c1-5-11(2)16(21)15-13(19)10-14(25-17(15)22)12(3)8-6-7-9-20-18(23)24-4/h7,9-12H,5-6,8,19H2,1-4H3,(H,20,23)/b9-7+. The second-order valence-corrected chi connectivity index (χ2v) is 5.96. The summed E-state index contributed by atoms with van der Waals surface area (Å²) in [4.78, 5) is 35.3. The number of amides is 1. The predicted molar refractivity (Wildman–Crippen MR) is 95.5 cm³/mol. The van der Waals surface area contributed by atoms with Gasteiger partial charge in [0.25, 0.3) is 0 Å². The summed E-state index contributed by atoms with van der Waals surface area (Å²) in [5, 5.41) is 2.43. The topological polar surface area (TPSA) is 112 Å². The highest BCUT2D eigenvalue weighted by atomic mass is 16.5. The number of Topliss-reactive ketones (excluding diaryl/α,β-unsaturated/α-hetero) is 1. The monoisotopic (exact) mass is 350 g/mol. The summed E-state index contributed by atoms with van der Waals surface area (Å²) in [6.07, 6.45) is 4.70. The van der Waals surface area contributed by atoms with Crippen molar-refractivity contribution < 1.29 is 18.7 Å². The third kappa shape index (κ3) is 5.77. The van der Waals surface area contributed by atoms with E-state index in [9.17, 15) is 14.4 Å². The Balaban J connectivity index is 2.78. The van der Waals surface area contributed by atoms with Crippen molar-refractivity contribution in [3.8, 4) is 0 Å². The number of carbonyl (C=O) groups excluding carboxylic acids is 2. The van der Waals surface area contributed by atoms with Crippen LogP contribution in [-0.4, -0.2) is 19.0 Å². The third-order valence-electron chi connectivity index (χ3n) is 4.06. The van der Waals surface area contributed by atoms with Gasteiger partial charge in [0.1, 0.15) is 11.3 Å². The van der Waals surface area contributed by atoms with E-state index in [1.54, 1.807) is 19.1 Å². The Morgan fingerprint density at radius 2 is 2.08 bits per heavy atom. The Kier molecular flexibility index (Phi) is 7.91. The molecule has 1 heterocycles. The number of nitrogens with one attached hydrogen (secondary N) is 1. The number of alkyl carbamates (subject to hydrolysis) is 1. The molecule has 2 atom stereocenters. The maximum absolute atomic E-state index is 12.2. The van der Waals surface area contributed by atoms with Gasteiger partial charge in [-0.05, 0) is 19.3 Å². The molecular formula is C18H26N2O5. The van der Waals surface area contributed by atoms with E-state index >= 15 is 0 Å². The molecule has 7 nitrogen and oxygen atoms in total. The van der Waals surface area contributed by atoms with E-state index in [0.29, 0.717) is 25.0 Å². The van der Waals surface area contributed by atoms with E-state index in [4.69, 9.17) is 10.2 Å². The average Bonchev–Trinajstić information content (AvgIpc) is 2.59. The predicted octanol–water partition coefficient (Wildman–Crippen LogP) is 3.20. The summed E-state index contributed by atoms with van der Waals surface area (Å²) in [6.45, 7) is 5.53. The molecule has 25 heavy (non-hydrogen) atoms. The zero-order chi connectivity index (χ0) is 19.0. The van der Waals surface area contributed by atoms with Gasteiger partial charge in [-0.1, -0.05) is 26.8 Å². The van der Waals surface area contributed by atoms with Crippen LogP contribution in [0.25, 0.3) is 0 Å². The van der Waals surface area contributed by atoms with E-state index in [1.165, 1.54) is 13.3 Å². The van der Waals surface area contributed by atoms with Crippen LogP contribution in [-0.2, 0) is 4.74 Å². The molecule has 1 aromatic heterocycles. The minimum Gasteiger partial charge on any atom is -0.453 e. The van der Waals surface area contributed by atoms with Gasteiger partial charge in [0.15, 0.2) is 5.78 Å². The molecule has 7 heteroatoms. The molecule has 0 aliphatic carbocycles. The van der Waals surface area contributed by atoms with Crippen molar-refractivity contribution in [1.82, 2.24) is 5.32 Å². The van der Waals surface area contributed by atoms with Crippen LogP contribution in [0.2, 0.25) is 0 Å². The molecule has 2 unspecified atom stereocenters. The first-order chi connectivity index (χ1) is 11.8. The smallest absolute Gasteiger partial charge is 0.410 e. The van der Waals surface area contributed by atoms with E-state index in [0.717, 1.165) is 0 Å². The van der Waals surface area contributed by atoms with Gasteiger partial charge in [0, 0.05) is 24.1 Å². The molecule has 0 aromatic carbocycles. The van der Waals surface area contributed by atoms with Gasteiger partial charge in [-0.3, -0.25) is 10.1 Å². The van der Waals surface area contributed by atoms with Crippen LogP contribution >= 0.6 is 0 Å². The Labute approximate surface area is 147 Å². The molecule has 0 radical (unpaired) electrons. The first-order valence-electron chi connectivity index (χ1n) is 8.28. The second-order valence-electron chi connectivity index (χ2n) is 5.96. The van der Waals surface area contributed by atoms with Gasteiger partial charge in [-0.25, -0.2) is 9.59 Å². The highest BCUT2D eigenvalue weighted by Crippen LogP contribution is 2.24. The number of nitrogens with two attached hydrogens (primary N) is 1. The first kappa shape index (κ1) is 20.5. The maximum atomic E-state index is 12.2. The van der Waals surface area contributed by atoms with Crippen LogP contribution in [0.15, 0.2) is 27.6 Å². The Morgan fingerprint density at radius 3 is 2.64 bits per heavy atom. The molecule has 0 fully saturated rings. The number of ketones is 1. The van der Waals surface area contributed by atoms with E-state index in [2.05, 4.69) is 10.1 Å². The summed E-state index contributed by atoms with van der Waals surface area (Å²) in [5.41, 5.74) is 5.33. The quantitative estimate of drug-likeness (QED) is 0.696. The number of hydrogen-bond donors (Lipinski definition) is 2. The zero-order valence-corrected chi connectivity index (χ0v) is 15.1. The van der Waals surface area contributed by atoms with Gasteiger partial charge >= 0.3 is 11.7 Å². The number of methoxy groups -OCH3 is 1. The van der Waals surface area contributed by atoms with Crippen molar-refractivity contribution in [2.45, 2.75) is 46.0 Å². The Hall–Kier alpha value is -2.57. The first-order valence-corrected chi connectivity index (χ1v) is 8.28. The average molecular weight is 350 g/mol. The fraction of sp³-hybridized carbons (Fsp3) is 0.500. The summed E-state index contributed by atoms with van der Waals surface area (Å²) >= 11 is 0. The maximum Gasteiger partial charge on any atom is 0.410 e. The Bertz CT molecular complexity index is 693. The summed E-state index contributed by atoms with van der Waals surface area (Å²) < 4.78 is 9.75. The molecule has 138 valence electrons. The number of hydrogen-bond acceptors (Lipinski definition) is 6. The van der Waals surface area contributed by atoms with E-state index in [-0.39, 0.29) is 28.9 Å². The van der Waals surface area contributed by atoms with Crippen LogP contribution in [0.3, 0.4) is 0 Å². The SMILES string of the molecule is CCC(C)C(=O)c1c(N)cc(C(C)CC/C=C/NC(=O)OC)oc1=O. The minimum atomic E-state index is -0.685. The van der Waals surface area contributed by atoms with Crippen LogP contribution in [0.5, 0.6) is 0 Å². The highest BCUT2D eigenvalue weighted by molar-refractivity contribution is 6.01. The van der Waals surface area contributed by atoms with Gasteiger partial charge in [0.2, 0.25) is 0 Å². The number of ether oxygens (including phenoxy) is 1. The fourth-order valence-corrected chi connectivity index (χ4v) is 2.21. The third-order valence-corrected chi connectivity index (χ3v) is 4.06. The van der Waals surface area contributed by atoms with Crippen LogP contribution in [0.1, 0.15) is 62.1 Å². The van der Waals surface area contributed by atoms with Crippen molar-refractivity contribution in [2.24, 2.45) is 5.92 Å². The molecule has 0 saturated heterocycles. The molecule has 0 aliphatic heterocycles. The summed E-state index contributed by atoms with van der Waals surface area (Å²) in [7, 11) is 1.29. The molecule has 1 aromatic rings. The van der Waals surface area contributed by atoms with Crippen molar-refractivity contribution in [1.29, 1.82) is 0 Å². The Morgan fingerprint density at radius 1 is 1.40 bits per heavy atom. The molecule has 0 bridgehead atoms. The number of carbonyl (C=O) groups is 2. The highest BCUT2D eigenvalue weighted by Gasteiger charge is 2.22. The van der Waals surface area contributed by atoms with Gasteiger partial charge in [-0.2, -0.15) is 0 Å². The number of allylic oxidation sites excluding steroid dienone is 1. The van der Waals surface area contributed by atoms with Crippen LogP contribution < -0.4 is 16.7 Å². The molecule has 0 aliphatic rings. The summed E-state index contributed by atoms with van der Waals surface area (Å²) in [6, 6.07) is 1.55. The zero-order valence-electron chi connectivity index (χ0n) is 15.1. The largest absolute Gasteiger partial charge is 0.453 e. The van der Waals surface area contributed by atoms with E-state index in [1.807, 2.05) is 13.8 Å². The number of nitrogen functional groups attached to an aromatic ring is 1.